The van der Waals surface area contributed by atoms with Crippen LogP contribution in [0.5, 0.6) is 0 Å². The predicted octanol–water partition coefficient (Wildman–Crippen LogP) is 2.09. The molecule has 0 aromatic carbocycles. The number of nitrogens with zero attached hydrogens (tertiary/aromatic N) is 3. The maximum absolute atomic E-state index is 13.7. The Bertz CT molecular complexity index is 567. The minimum absolute atomic E-state index is 0.0518. The number of pyridine rings is 1. The third-order valence-corrected chi connectivity index (χ3v) is 5.62. The first kappa shape index (κ1) is 15.5. The van der Waals surface area contributed by atoms with Crippen molar-refractivity contribution in [2.24, 2.45) is 0 Å². The van der Waals surface area contributed by atoms with Crippen LogP contribution in [0.3, 0.4) is 0 Å². The number of hydrogen-bond acceptors (Lipinski definition) is 4. The quantitative estimate of drug-likeness (QED) is 0.853. The van der Waals surface area contributed by atoms with E-state index in [0.29, 0.717) is 12.1 Å². The molecule has 5 heteroatoms. The van der Waals surface area contributed by atoms with Gasteiger partial charge in [-0.15, -0.1) is 0 Å². The van der Waals surface area contributed by atoms with Gasteiger partial charge in [-0.2, -0.15) is 0 Å². The number of hydrogen-bond donors (Lipinski definition) is 0. The molecular formula is C18H26FN3O. The first-order valence-corrected chi connectivity index (χ1v) is 8.79. The third-order valence-electron chi connectivity index (χ3n) is 5.62. The smallest absolute Gasteiger partial charge is 0.144 e. The molecule has 2 spiro atoms. The van der Waals surface area contributed by atoms with Gasteiger partial charge in [-0.1, -0.05) is 0 Å². The highest BCUT2D eigenvalue weighted by atomic mass is 19.1. The predicted molar refractivity (Wildman–Crippen MR) is 86.9 cm³/mol. The van der Waals surface area contributed by atoms with Gasteiger partial charge in [0.25, 0.3) is 0 Å². The third kappa shape index (κ3) is 3.28. The molecule has 1 aromatic rings. The molecule has 3 fully saturated rings. The van der Waals surface area contributed by atoms with Gasteiger partial charge in [0, 0.05) is 45.3 Å². The molecule has 23 heavy (non-hydrogen) atoms. The largest absolute Gasteiger partial charge is 0.366 e. The fraction of sp³-hybridized carbons (Fsp3) is 0.722. The normalized spacial score (nSPS) is 26.7. The highest BCUT2D eigenvalue weighted by molar-refractivity contribution is 5.08. The number of morpholine rings is 1. The van der Waals surface area contributed by atoms with Crippen molar-refractivity contribution in [1.82, 2.24) is 14.8 Å². The number of halogens is 1. The Morgan fingerprint density at radius 3 is 2.52 bits per heavy atom. The van der Waals surface area contributed by atoms with Crippen molar-refractivity contribution in [1.29, 1.82) is 0 Å². The van der Waals surface area contributed by atoms with E-state index < -0.39 is 0 Å². The minimum atomic E-state index is -0.186. The van der Waals surface area contributed by atoms with Gasteiger partial charge < -0.3 is 14.5 Å². The second kappa shape index (κ2) is 5.80. The lowest BCUT2D eigenvalue weighted by atomic mass is 9.88. The average molecular weight is 319 g/mol. The molecule has 0 unspecified atom stereocenters. The summed E-state index contributed by atoms with van der Waals surface area (Å²) in [4.78, 5) is 9.03. The standard InChI is InChI=1S/C18H26FN3O/c1-21-13-17(5-6-17)23-18(14-21)7-11-22(12-8-18)10-4-16-15(19)3-2-9-20-16/h2-3,9H,4-8,10-14H2,1H3. The molecule has 0 atom stereocenters. The lowest BCUT2D eigenvalue weighted by Gasteiger charge is -2.49. The van der Waals surface area contributed by atoms with E-state index in [4.69, 9.17) is 4.74 Å². The van der Waals surface area contributed by atoms with E-state index >= 15 is 0 Å². The van der Waals surface area contributed by atoms with Gasteiger partial charge in [0.1, 0.15) is 5.82 Å². The molecule has 0 bridgehead atoms. The molecule has 1 aromatic heterocycles. The van der Waals surface area contributed by atoms with Crippen molar-refractivity contribution >= 4 is 0 Å². The summed E-state index contributed by atoms with van der Waals surface area (Å²) in [5.74, 6) is -0.186. The molecule has 1 saturated carbocycles. The number of piperidine rings is 1. The van der Waals surface area contributed by atoms with Crippen molar-refractivity contribution in [3.8, 4) is 0 Å². The van der Waals surface area contributed by atoms with Crippen molar-refractivity contribution in [2.45, 2.75) is 43.3 Å². The van der Waals surface area contributed by atoms with Crippen LogP contribution >= 0.6 is 0 Å². The molecule has 0 radical (unpaired) electrons. The van der Waals surface area contributed by atoms with Crippen molar-refractivity contribution in [2.75, 3.05) is 39.8 Å². The second-order valence-electron chi connectivity index (χ2n) is 7.66. The molecule has 4 rings (SSSR count). The lowest BCUT2D eigenvalue weighted by molar-refractivity contribution is -0.183. The summed E-state index contributed by atoms with van der Waals surface area (Å²) < 4.78 is 20.2. The van der Waals surface area contributed by atoms with Gasteiger partial charge in [0.05, 0.1) is 16.9 Å². The number of rotatable bonds is 3. The summed E-state index contributed by atoms with van der Waals surface area (Å²) in [5.41, 5.74) is 0.807. The fourth-order valence-electron chi connectivity index (χ4n) is 4.27. The van der Waals surface area contributed by atoms with Gasteiger partial charge >= 0.3 is 0 Å². The Labute approximate surface area is 137 Å². The van der Waals surface area contributed by atoms with E-state index in [9.17, 15) is 4.39 Å². The molecule has 4 nitrogen and oxygen atoms in total. The van der Waals surface area contributed by atoms with Crippen LogP contribution in [0, 0.1) is 5.82 Å². The van der Waals surface area contributed by atoms with Crippen LogP contribution in [0.15, 0.2) is 18.3 Å². The van der Waals surface area contributed by atoms with Crippen LogP contribution < -0.4 is 0 Å². The van der Waals surface area contributed by atoms with Crippen molar-refractivity contribution < 1.29 is 9.13 Å². The zero-order valence-corrected chi connectivity index (χ0v) is 13.9. The van der Waals surface area contributed by atoms with Gasteiger partial charge in [-0.05, 0) is 44.9 Å². The summed E-state index contributed by atoms with van der Waals surface area (Å²) in [5, 5.41) is 0. The maximum atomic E-state index is 13.7. The van der Waals surface area contributed by atoms with Crippen LogP contribution in [0.25, 0.3) is 0 Å². The first-order valence-electron chi connectivity index (χ1n) is 8.79. The van der Waals surface area contributed by atoms with E-state index in [1.165, 1.54) is 18.9 Å². The zero-order chi connectivity index (χ0) is 15.9. The number of ether oxygens (including phenoxy) is 1. The van der Waals surface area contributed by atoms with Crippen molar-refractivity contribution in [3.05, 3.63) is 29.8 Å². The Morgan fingerprint density at radius 1 is 1.17 bits per heavy atom. The summed E-state index contributed by atoms with van der Waals surface area (Å²) in [6.45, 7) is 5.11. The summed E-state index contributed by atoms with van der Waals surface area (Å²) in [6.07, 6.45) is 6.98. The van der Waals surface area contributed by atoms with Crippen LogP contribution in [0.4, 0.5) is 4.39 Å². The first-order chi connectivity index (χ1) is 11.1. The van der Waals surface area contributed by atoms with E-state index in [0.717, 1.165) is 45.6 Å². The van der Waals surface area contributed by atoms with E-state index in [2.05, 4.69) is 21.8 Å². The highest BCUT2D eigenvalue weighted by Gasteiger charge is 2.55. The monoisotopic (exact) mass is 319 g/mol. The molecule has 2 saturated heterocycles. The van der Waals surface area contributed by atoms with Crippen LogP contribution in [-0.4, -0.2) is 65.8 Å². The Hall–Kier alpha value is -1.04. The molecule has 0 N–H and O–H groups in total. The lowest BCUT2D eigenvalue weighted by Crippen LogP contribution is -2.59. The summed E-state index contributed by atoms with van der Waals surface area (Å²) in [6, 6.07) is 3.14. The van der Waals surface area contributed by atoms with E-state index in [1.807, 2.05) is 0 Å². The average Bonchev–Trinajstić information content (AvgIpc) is 3.25. The number of likely N-dealkylation sites (tertiary alicyclic amines) is 1. The zero-order valence-electron chi connectivity index (χ0n) is 13.9. The Kier molecular flexibility index (Phi) is 3.90. The molecule has 3 heterocycles. The van der Waals surface area contributed by atoms with Gasteiger partial charge in [-0.3, -0.25) is 4.98 Å². The van der Waals surface area contributed by atoms with Gasteiger partial charge in [0.15, 0.2) is 0 Å². The summed E-state index contributed by atoms with van der Waals surface area (Å²) in [7, 11) is 2.22. The van der Waals surface area contributed by atoms with Crippen LogP contribution in [0.2, 0.25) is 0 Å². The number of aromatic nitrogens is 1. The van der Waals surface area contributed by atoms with E-state index in [-0.39, 0.29) is 17.0 Å². The molecule has 126 valence electrons. The fourth-order valence-corrected chi connectivity index (χ4v) is 4.27. The molecule has 2 aliphatic heterocycles. The van der Waals surface area contributed by atoms with Crippen molar-refractivity contribution in [3.63, 3.8) is 0 Å². The van der Waals surface area contributed by atoms with E-state index in [1.54, 1.807) is 12.3 Å². The maximum Gasteiger partial charge on any atom is 0.144 e. The summed E-state index contributed by atoms with van der Waals surface area (Å²) >= 11 is 0. The van der Waals surface area contributed by atoms with Crippen LogP contribution in [-0.2, 0) is 11.2 Å². The molecule has 1 aliphatic carbocycles. The van der Waals surface area contributed by atoms with Crippen LogP contribution in [0.1, 0.15) is 31.4 Å². The Morgan fingerprint density at radius 2 is 1.87 bits per heavy atom. The molecular weight excluding hydrogens is 293 g/mol. The van der Waals surface area contributed by atoms with Gasteiger partial charge in [-0.25, -0.2) is 4.39 Å². The second-order valence-corrected chi connectivity index (χ2v) is 7.66. The molecule has 0 amide bonds. The number of likely N-dealkylation sites (N-methyl/N-ethyl adjacent to an activating group) is 1. The minimum Gasteiger partial charge on any atom is -0.366 e. The Balaban J connectivity index is 1.32. The van der Waals surface area contributed by atoms with Gasteiger partial charge in [0.2, 0.25) is 0 Å². The SMILES string of the molecule is CN1CC2(CCN(CCc3ncccc3F)CC2)OC2(CC2)C1. The highest BCUT2D eigenvalue weighted by Crippen LogP contribution is 2.48. The molecule has 3 aliphatic rings. The topological polar surface area (TPSA) is 28.6 Å².